The van der Waals surface area contributed by atoms with Gasteiger partial charge in [0, 0.05) is 45.0 Å². The first kappa shape index (κ1) is 25.2. The van der Waals surface area contributed by atoms with E-state index < -0.39 is 11.8 Å². The molecule has 0 radical (unpaired) electrons. The smallest absolute Gasteiger partial charge is 0.309 e. The Balaban J connectivity index is 1.26. The van der Waals surface area contributed by atoms with Crippen molar-refractivity contribution in [2.24, 2.45) is 0 Å². The van der Waals surface area contributed by atoms with E-state index in [1.54, 1.807) is 25.5 Å². The van der Waals surface area contributed by atoms with Crippen LogP contribution < -0.4 is 20.3 Å². The Morgan fingerprint density at radius 2 is 1.67 bits per heavy atom. The maximum atomic E-state index is 13.3. The highest BCUT2D eigenvalue weighted by Crippen LogP contribution is 2.24. The standard InChI is InChI=1S/C27H31FN4O4/c1-35-23-10-4-20(5-11-23)12-13-29-26(33)27(34)30-19-24(25-3-2-18-36-25)32-16-14-31(15-17-32)22-8-6-21(28)7-9-22/h2-11,18,24H,12-17,19H2,1H3,(H,29,33)(H,30,34). The molecule has 0 saturated carbocycles. The van der Waals surface area contributed by atoms with Gasteiger partial charge in [0.1, 0.15) is 17.3 Å². The average Bonchev–Trinajstić information content (AvgIpc) is 3.44. The van der Waals surface area contributed by atoms with Crippen molar-refractivity contribution in [3.8, 4) is 5.75 Å². The van der Waals surface area contributed by atoms with Gasteiger partial charge in [-0.05, 0) is 60.5 Å². The zero-order chi connectivity index (χ0) is 25.3. The van der Waals surface area contributed by atoms with Crippen LogP contribution in [0.1, 0.15) is 17.4 Å². The number of nitrogens with zero attached hydrogens (tertiary/aromatic N) is 2. The van der Waals surface area contributed by atoms with Crippen LogP contribution in [0.5, 0.6) is 5.75 Å². The van der Waals surface area contributed by atoms with E-state index in [4.69, 9.17) is 9.15 Å². The normalized spacial score (nSPS) is 14.8. The molecule has 1 aromatic heterocycles. The zero-order valence-corrected chi connectivity index (χ0v) is 20.3. The van der Waals surface area contributed by atoms with Gasteiger partial charge in [0.05, 0.1) is 19.4 Å². The third-order valence-corrected chi connectivity index (χ3v) is 6.34. The summed E-state index contributed by atoms with van der Waals surface area (Å²) in [5.41, 5.74) is 2.01. The van der Waals surface area contributed by atoms with Gasteiger partial charge in [-0.2, -0.15) is 0 Å². The highest BCUT2D eigenvalue weighted by molar-refractivity contribution is 6.35. The molecular weight excluding hydrogens is 463 g/mol. The number of hydrogen-bond donors (Lipinski definition) is 2. The molecule has 190 valence electrons. The molecule has 2 amide bonds. The van der Waals surface area contributed by atoms with Crippen LogP contribution in [0.2, 0.25) is 0 Å². The molecule has 2 heterocycles. The first-order chi connectivity index (χ1) is 17.5. The van der Waals surface area contributed by atoms with Crippen molar-refractivity contribution in [1.82, 2.24) is 15.5 Å². The predicted molar refractivity (Wildman–Crippen MR) is 134 cm³/mol. The third-order valence-electron chi connectivity index (χ3n) is 6.34. The summed E-state index contributed by atoms with van der Waals surface area (Å²) < 4.78 is 24.0. The molecule has 0 spiro atoms. The molecular formula is C27H31FN4O4. The number of carbonyl (C=O) groups is 2. The van der Waals surface area contributed by atoms with Crippen LogP contribution in [0.3, 0.4) is 0 Å². The fraction of sp³-hybridized carbons (Fsp3) is 0.333. The van der Waals surface area contributed by atoms with Gasteiger partial charge in [-0.3, -0.25) is 14.5 Å². The third kappa shape index (κ3) is 6.63. The van der Waals surface area contributed by atoms with E-state index in [2.05, 4.69) is 20.4 Å². The fourth-order valence-corrected chi connectivity index (χ4v) is 4.30. The van der Waals surface area contributed by atoms with Gasteiger partial charge in [-0.1, -0.05) is 12.1 Å². The van der Waals surface area contributed by atoms with Gasteiger partial charge in [0.2, 0.25) is 0 Å². The van der Waals surface area contributed by atoms with E-state index in [1.165, 1.54) is 12.1 Å². The molecule has 1 aliphatic heterocycles. The number of ether oxygens (including phenoxy) is 1. The first-order valence-electron chi connectivity index (χ1n) is 12.0. The fourth-order valence-electron chi connectivity index (χ4n) is 4.30. The molecule has 3 aromatic rings. The number of carbonyl (C=O) groups excluding carboxylic acids is 2. The predicted octanol–water partition coefficient (Wildman–Crippen LogP) is 2.77. The summed E-state index contributed by atoms with van der Waals surface area (Å²) in [5, 5.41) is 5.43. The molecule has 0 bridgehead atoms. The lowest BCUT2D eigenvalue weighted by atomic mass is 10.1. The van der Waals surface area contributed by atoms with Crippen molar-refractivity contribution >= 4 is 17.5 Å². The molecule has 1 unspecified atom stereocenters. The minimum absolute atomic E-state index is 0.202. The topological polar surface area (TPSA) is 87.0 Å². The number of anilines is 1. The molecule has 36 heavy (non-hydrogen) atoms. The number of methoxy groups -OCH3 is 1. The highest BCUT2D eigenvalue weighted by Gasteiger charge is 2.28. The van der Waals surface area contributed by atoms with Crippen molar-refractivity contribution in [3.05, 3.63) is 84.1 Å². The summed E-state index contributed by atoms with van der Waals surface area (Å²) in [6.07, 6.45) is 2.21. The van der Waals surface area contributed by atoms with Gasteiger partial charge in [-0.15, -0.1) is 0 Å². The number of furan rings is 1. The zero-order valence-electron chi connectivity index (χ0n) is 20.3. The number of nitrogens with one attached hydrogen (secondary N) is 2. The summed E-state index contributed by atoms with van der Waals surface area (Å²) in [5.74, 6) is -0.0968. The molecule has 1 fully saturated rings. The minimum Gasteiger partial charge on any atom is -0.497 e. The lowest BCUT2D eigenvalue weighted by molar-refractivity contribution is -0.139. The van der Waals surface area contributed by atoms with Crippen molar-refractivity contribution in [2.45, 2.75) is 12.5 Å². The molecule has 4 rings (SSSR count). The average molecular weight is 495 g/mol. The molecule has 9 heteroatoms. The van der Waals surface area contributed by atoms with Gasteiger partial charge >= 0.3 is 11.8 Å². The lowest BCUT2D eigenvalue weighted by Gasteiger charge is -2.39. The maximum absolute atomic E-state index is 13.3. The van der Waals surface area contributed by atoms with E-state index in [1.807, 2.05) is 36.4 Å². The monoisotopic (exact) mass is 494 g/mol. The number of benzene rings is 2. The van der Waals surface area contributed by atoms with E-state index in [0.717, 1.165) is 48.9 Å². The van der Waals surface area contributed by atoms with E-state index >= 15 is 0 Å². The quantitative estimate of drug-likeness (QED) is 0.445. The van der Waals surface area contributed by atoms with Crippen LogP contribution in [0.25, 0.3) is 0 Å². The summed E-state index contributed by atoms with van der Waals surface area (Å²) in [7, 11) is 1.61. The van der Waals surface area contributed by atoms with Gasteiger partial charge in [0.15, 0.2) is 0 Å². The minimum atomic E-state index is -0.675. The Labute approximate surface area is 210 Å². The van der Waals surface area contributed by atoms with Gasteiger partial charge in [0.25, 0.3) is 0 Å². The molecule has 8 nitrogen and oxygen atoms in total. The Kier molecular flexibility index (Phi) is 8.57. The number of amides is 2. The molecule has 1 saturated heterocycles. The Hall–Kier alpha value is -3.85. The lowest BCUT2D eigenvalue weighted by Crippen LogP contribution is -2.50. The second kappa shape index (κ2) is 12.2. The summed E-state index contributed by atoms with van der Waals surface area (Å²) in [4.78, 5) is 29.2. The summed E-state index contributed by atoms with van der Waals surface area (Å²) >= 11 is 0. The van der Waals surface area contributed by atoms with Crippen molar-refractivity contribution in [2.75, 3.05) is 51.3 Å². The highest BCUT2D eigenvalue weighted by atomic mass is 19.1. The Bertz CT molecular complexity index is 1110. The number of rotatable bonds is 9. The van der Waals surface area contributed by atoms with Gasteiger partial charge < -0.3 is 24.7 Å². The van der Waals surface area contributed by atoms with Crippen LogP contribution in [-0.4, -0.2) is 63.1 Å². The first-order valence-corrected chi connectivity index (χ1v) is 12.0. The van der Waals surface area contributed by atoms with Crippen molar-refractivity contribution in [1.29, 1.82) is 0 Å². The number of piperazine rings is 1. The van der Waals surface area contributed by atoms with Crippen LogP contribution in [0.4, 0.5) is 10.1 Å². The summed E-state index contributed by atoms with van der Waals surface area (Å²) in [6, 6.07) is 17.5. The van der Waals surface area contributed by atoms with E-state index in [9.17, 15) is 14.0 Å². The number of halogens is 1. The summed E-state index contributed by atoms with van der Waals surface area (Å²) in [6.45, 7) is 3.56. The van der Waals surface area contributed by atoms with E-state index in [0.29, 0.717) is 13.0 Å². The van der Waals surface area contributed by atoms with Crippen molar-refractivity contribution < 1.29 is 23.1 Å². The second-order valence-corrected chi connectivity index (χ2v) is 8.59. The molecule has 1 aliphatic rings. The van der Waals surface area contributed by atoms with Crippen LogP contribution >= 0.6 is 0 Å². The molecule has 0 aliphatic carbocycles. The SMILES string of the molecule is COc1ccc(CCNC(=O)C(=O)NCC(c2ccco2)N2CCN(c3ccc(F)cc3)CC2)cc1. The van der Waals surface area contributed by atoms with Crippen molar-refractivity contribution in [3.63, 3.8) is 0 Å². The van der Waals surface area contributed by atoms with E-state index in [-0.39, 0.29) is 18.4 Å². The molecule has 2 aromatic carbocycles. The largest absolute Gasteiger partial charge is 0.497 e. The molecule has 1 atom stereocenters. The van der Waals surface area contributed by atoms with Crippen LogP contribution in [0, 0.1) is 5.82 Å². The second-order valence-electron chi connectivity index (χ2n) is 8.59. The maximum Gasteiger partial charge on any atom is 0.309 e. The van der Waals surface area contributed by atoms with Crippen LogP contribution in [-0.2, 0) is 16.0 Å². The molecule has 2 N–H and O–H groups in total. The van der Waals surface area contributed by atoms with Gasteiger partial charge in [-0.25, -0.2) is 4.39 Å². The Morgan fingerprint density at radius 1 is 0.972 bits per heavy atom. The van der Waals surface area contributed by atoms with Crippen LogP contribution in [0.15, 0.2) is 71.3 Å². The number of hydrogen-bond acceptors (Lipinski definition) is 6. The Morgan fingerprint density at radius 3 is 2.31 bits per heavy atom.